The largest absolute Gasteiger partial charge is 0.381 e. The maximum absolute atomic E-state index is 13.4. The van der Waals surface area contributed by atoms with Crippen LogP contribution >= 0.6 is 0 Å². The van der Waals surface area contributed by atoms with Crippen molar-refractivity contribution in [3.63, 3.8) is 0 Å². The number of aromatic nitrogens is 4. The molecule has 14 heavy (non-hydrogen) atoms. The maximum atomic E-state index is 13.4. The number of aryl methyl sites for hydroxylation is 1. The van der Waals surface area contributed by atoms with Crippen molar-refractivity contribution in [2.45, 2.75) is 0 Å². The van der Waals surface area contributed by atoms with E-state index < -0.39 is 5.82 Å². The van der Waals surface area contributed by atoms with Crippen molar-refractivity contribution >= 4 is 5.82 Å². The lowest BCUT2D eigenvalue weighted by atomic mass is 10.3. The Morgan fingerprint density at radius 1 is 1.50 bits per heavy atom. The number of hydrogen-bond acceptors (Lipinski definition) is 4. The minimum atomic E-state index is -0.550. The van der Waals surface area contributed by atoms with E-state index in [-0.39, 0.29) is 11.5 Å². The van der Waals surface area contributed by atoms with Gasteiger partial charge >= 0.3 is 0 Å². The second kappa shape index (κ2) is 3.06. The lowest BCUT2D eigenvalue weighted by molar-refractivity contribution is 0.633. The second-order valence-electron chi connectivity index (χ2n) is 2.77. The number of anilines is 1. The summed E-state index contributed by atoms with van der Waals surface area (Å²) in [7, 11) is 1.57. The molecule has 0 aromatic carbocycles. The molecule has 0 aliphatic carbocycles. The molecule has 0 atom stereocenters. The van der Waals surface area contributed by atoms with Gasteiger partial charge in [0.15, 0.2) is 11.6 Å². The monoisotopic (exact) mass is 193 g/mol. The number of hydrogen-bond donors (Lipinski definition) is 1. The molecule has 2 rings (SSSR count). The van der Waals surface area contributed by atoms with E-state index >= 15 is 0 Å². The fraction of sp³-hybridized carbons (Fsp3) is 0.125. The molecule has 0 radical (unpaired) electrons. The SMILES string of the molecule is Cn1nc(-c2ccncn2)c(F)c1N. The van der Waals surface area contributed by atoms with Crippen LogP contribution in [0.5, 0.6) is 0 Å². The number of nitrogens with two attached hydrogens (primary N) is 1. The number of rotatable bonds is 1. The Bertz CT molecular complexity index is 450. The van der Waals surface area contributed by atoms with Crippen molar-refractivity contribution < 1.29 is 4.39 Å². The summed E-state index contributed by atoms with van der Waals surface area (Å²) >= 11 is 0. The lowest BCUT2D eigenvalue weighted by Crippen LogP contribution is -1.97. The van der Waals surface area contributed by atoms with Crippen LogP contribution in [0.1, 0.15) is 0 Å². The van der Waals surface area contributed by atoms with E-state index in [0.717, 1.165) is 0 Å². The van der Waals surface area contributed by atoms with Crippen LogP contribution in [0.15, 0.2) is 18.6 Å². The molecule has 0 saturated heterocycles. The van der Waals surface area contributed by atoms with E-state index in [1.807, 2.05) is 0 Å². The van der Waals surface area contributed by atoms with Gasteiger partial charge in [-0.3, -0.25) is 0 Å². The summed E-state index contributed by atoms with van der Waals surface area (Å²) < 4.78 is 14.7. The zero-order valence-electron chi connectivity index (χ0n) is 7.48. The van der Waals surface area contributed by atoms with Crippen LogP contribution < -0.4 is 5.73 Å². The van der Waals surface area contributed by atoms with Crippen molar-refractivity contribution in [2.75, 3.05) is 5.73 Å². The molecule has 2 aromatic rings. The van der Waals surface area contributed by atoms with Crippen molar-refractivity contribution in [1.29, 1.82) is 0 Å². The van der Waals surface area contributed by atoms with Gasteiger partial charge in [0.25, 0.3) is 0 Å². The first kappa shape index (κ1) is 8.61. The molecule has 6 heteroatoms. The Morgan fingerprint density at radius 3 is 2.79 bits per heavy atom. The van der Waals surface area contributed by atoms with E-state index in [2.05, 4.69) is 15.1 Å². The third-order valence-corrected chi connectivity index (χ3v) is 1.86. The van der Waals surface area contributed by atoms with Crippen LogP contribution in [-0.2, 0) is 7.05 Å². The molecule has 0 fully saturated rings. The highest BCUT2D eigenvalue weighted by Gasteiger charge is 2.15. The topological polar surface area (TPSA) is 69.6 Å². The van der Waals surface area contributed by atoms with Gasteiger partial charge in [-0.25, -0.2) is 19.0 Å². The Morgan fingerprint density at radius 2 is 2.29 bits per heavy atom. The van der Waals surface area contributed by atoms with Crippen LogP contribution in [-0.4, -0.2) is 19.7 Å². The van der Waals surface area contributed by atoms with E-state index in [1.54, 1.807) is 13.1 Å². The van der Waals surface area contributed by atoms with E-state index in [4.69, 9.17) is 5.73 Å². The molecule has 2 N–H and O–H groups in total. The molecule has 0 amide bonds. The standard InChI is InChI=1S/C8H8FN5/c1-14-8(10)6(9)7(13-14)5-2-3-11-4-12-5/h2-4H,10H2,1H3. The average Bonchev–Trinajstić information content (AvgIpc) is 2.47. The van der Waals surface area contributed by atoms with Gasteiger partial charge in [0.05, 0.1) is 5.69 Å². The van der Waals surface area contributed by atoms with Gasteiger partial charge < -0.3 is 5.73 Å². The van der Waals surface area contributed by atoms with Gasteiger partial charge in [-0.15, -0.1) is 0 Å². The minimum absolute atomic E-state index is 0.00128. The molecule has 5 nitrogen and oxygen atoms in total. The van der Waals surface area contributed by atoms with Crippen molar-refractivity contribution in [1.82, 2.24) is 19.7 Å². The first-order valence-electron chi connectivity index (χ1n) is 3.94. The van der Waals surface area contributed by atoms with Crippen LogP contribution in [0.2, 0.25) is 0 Å². The molecule has 2 heterocycles. The molecule has 0 bridgehead atoms. The van der Waals surface area contributed by atoms with E-state index in [1.165, 1.54) is 17.2 Å². The summed E-state index contributed by atoms with van der Waals surface area (Å²) in [5.74, 6) is -0.551. The van der Waals surface area contributed by atoms with Gasteiger partial charge in [-0.05, 0) is 6.07 Å². The highest BCUT2D eigenvalue weighted by molar-refractivity contribution is 5.58. The Labute approximate surface area is 79.4 Å². The molecular formula is C8H8FN5. The minimum Gasteiger partial charge on any atom is -0.381 e. The molecule has 0 spiro atoms. The summed E-state index contributed by atoms with van der Waals surface area (Å²) in [6, 6.07) is 1.57. The highest BCUT2D eigenvalue weighted by atomic mass is 19.1. The highest BCUT2D eigenvalue weighted by Crippen LogP contribution is 2.22. The quantitative estimate of drug-likeness (QED) is 0.719. The second-order valence-corrected chi connectivity index (χ2v) is 2.77. The average molecular weight is 193 g/mol. The number of nitrogen functional groups attached to an aromatic ring is 1. The summed E-state index contributed by atoms with van der Waals surface area (Å²) in [6.07, 6.45) is 2.85. The smallest absolute Gasteiger partial charge is 0.194 e. The number of nitrogens with zero attached hydrogens (tertiary/aromatic N) is 4. The maximum Gasteiger partial charge on any atom is 0.194 e. The zero-order chi connectivity index (χ0) is 10.1. The Hall–Kier alpha value is -1.98. The Balaban J connectivity index is 2.58. The van der Waals surface area contributed by atoms with Crippen LogP contribution in [0, 0.1) is 5.82 Å². The van der Waals surface area contributed by atoms with Crippen molar-refractivity contribution in [3.8, 4) is 11.4 Å². The van der Waals surface area contributed by atoms with Crippen molar-refractivity contribution in [3.05, 3.63) is 24.4 Å². The van der Waals surface area contributed by atoms with Crippen LogP contribution in [0.3, 0.4) is 0 Å². The molecule has 0 saturated carbocycles. The van der Waals surface area contributed by atoms with Gasteiger partial charge in [0, 0.05) is 13.2 Å². The predicted octanol–water partition coefficient (Wildman–Crippen LogP) is 0.598. The fourth-order valence-electron chi connectivity index (χ4n) is 1.11. The third-order valence-electron chi connectivity index (χ3n) is 1.86. The Kier molecular flexibility index (Phi) is 1.88. The van der Waals surface area contributed by atoms with E-state index in [0.29, 0.717) is 5.69 Å². The normalized spacial score (nSPS) is 10.4. The molecule has 2 aromatic heterocycles. The van der Waals surface area contributed by atoms with Crippen LogP contribution in [0.4, 0.5) is 10.2 Å². The van der Waals surface area contributed by atoms with Gasteiger partial charge in [-0.1, -0.05) is 0 Å². The molecule has 72 valence electrons. The lowest BCUT2D eigenvalue weighted by Gasteiger charge is -1.92. The molecule has 0 aliphatic rings. The van der Waals surface area contributed by atoms with Gasteiger partial charge in [0.1, 0.15) is 12.0 Å². The van der Waals surface area contributed by atoms with Gasteiger partial charge in [-0.2, -0.15) is 5.10 Å². The van der Waals surface area contributed by atoms with E-state index in [9.17, 15) is 4.39 Å². The summed E-state index contributed by atoms with van der Waals surface area (Å²) in [5.41, 5.74) is 5.99. The number of halogens is 1. The fourth-order valence-corrected chi connectivity index (χ4v) is 1.11. The van der Waals surface area contributed by atoms with Crippen molar-refractivity contribution in [2.24, 2.45) is 7.05 Å². The van der Waals surface area contributed by atoms with Crippen LogP contribution in [0.25, 0.3) is 11.4 Å². The third kappa shape index (κ3) is 1.20. The molecular weight excluding hydrogens is 185 g/mol. The first-order valence-corrected chi connectivity index (χ1v) is 3.94. The predicted molar refractivity (Wildman–Crippen MR) is 48.6 cm³/mol. The summed E-state index contributed by atoms with van der Waals surface area (Å²) in [6.45, 7) is 0. The molecule has 0 unspecified atom stereocenters. The summed E-state index contributed by atoms with van der Waals surface area (Å²) in [4.78, 5) is 7.61. The molecule has 0 aliphatic heterocycles. The first-order chi connectivity index (χ1) is 6.70. The summed E-state index contributed by atoms with van der Waals surface area (Å²) in [5, 5.41) is 3.91. The van der Waals surface area contributed by atoms with Gasteiger partial charge in [0.2, 0.25) is 0 Å². The zero-order valence-corrected chi connectivity index (χ0v) is 7.48.